The van der Waals surface area contributed by atoms with Gasteiger partial charge in [0.1, 0.15) is 5.82 Å². The van der Waals surface area contributed by atoms with E-state index in [-0.39, 0.29) is 11.7 Å². The molecule has 2 aromatic rings. The van der Waals surface area contributed by atoms with Crippen LogP contribution in [0.1, 0.15) is 29.3 Å². The first-order valence-corrected chi connectivity index (χ1v) is 6.58. The molecule has 0 radical (unpaired) electrons. The Morgan fingerprint density at radius 1 is 1.10 bits per heavy atom. The highest BCUT2D eigenvalue weighted by atomic mass is 19.1. The molecule has 0 atom stereocenters. The Morgan fingerprint density at radius 3 is 2.24 bits per heavy atom. The molecule has 5 heteroatoms. The topological polar surface area (TPSA) is 67.5 Å². The Kier molecular flexibility index (Phi) is 4.66. The lowest BCUT2D eigenvalue weighted by Gasteiger charge is -2.05. The van der Waals surface area contributed by atoms with Crippen molar-refractivity contribution in [3.63, 3.8) is 0 Å². The summed E-state index contributed by atoms with van der Waals surface area (Å²) in [6, 6.07) is 12.6. The summed E-state index contributed by atoms with van der Waals surface area (Å²) in [5, 5.41) is 4.10. The molecule has 21 heavy (non-hydrogen) atoms. The normalized spacial score (nSPS) is 11.2. The highest BCUT2D eigenvalue weighted by Crippen LogP contribution is 2.08. The molecule has 1 amide bonds. The number of nitrogens with two attached hydrogens (primary N) is 1. The molecule has 0 fully saturated rings. The van der Waals surface area contributed by atoms with Gasteiger partial charge in [-0.2, -0.15) is 5.10 Å². The molecule has 0 aliphatic heterocycles. The molecule has 0 aliphatic carbocycles. The number of nitrogen functional groups attached to an aromatic ring is 1. The SMILES string of the molecule is CC/C(=N/NC(=O)c1ccc(N)cc1)c1ccc(F)cc1. The molecule has 0 spiro atoms. The fourth-order valence-corrected chi connectivity index (χ4v) is 1.81. The number of halogens is 1. The Balaban J connectivity index is 2.12. The summed E-state index contributed by atoms with van der Waals surface area (Å²) < 4.78 is 12.9. The second kappa shape index (κ2) is 6.65. The van der Waals surface area contributed by atoms with Crippen molar-refractivity contribution in [2.45, 2.75) is 13.3 Å². The lowest BCUT2D eigenvalue weighted by Crippen LogP contribution is -2.20. The first-order valence-electron chi connectivity index (χ1n) is 6.58. The van der Waals surface area contributed by atoms with Crippen LogP contribution in [0.25, 0.3) is 0 Å². The maximum absolute atomic E-state index is 12.9. The van der Waals surface area contributed by atoms with Gasteiger partial charge in [0.05, 0.1) is 5.71 Å². The van der Waals surface area contributed by atoms with Gasteiger partial charge in [-0.1, -0.05) is 19.1 Å². The summed E-state index contributed by atoms with van der Waals surface area (Å²) >= 11 is 0. The van der Waals surface area contributed by atoms with Crippen molar-refractivity contribution >= 4 is 17.3 Å². The van der Waals surface area contributed by atoms with Crippen LogP contribution in [0.15, 0.2) is 53.6 Å². The number of hydrogen-bond acceptors (Lipinski definition) is 3. The van der Waals surface area contributed by atoms with Crippen molar-refractivity contribution in [3.05, 3.63) is 65.5 Å². The summed E-state index contributed by atoms with van der Waals surface area (Å²) in [7, 11) is 0. The third-order valence-corrected chi connectivity index (χ3v) is 2.98. The van der Waals surface area contributed by atoms with E-state index in [2.05, 4.69) is 10.5 Å². The summed E-state index contributed by atoms with van der Waals surface area (Å²) in [5.41, 5.74) is 10.6. The molecule has 0 aromatic heterocycles. The number of rotatable bonds is 4. The highest BCUT2D eigenvalue weighted by molar-refractivity contribution is 6.02. The van der Waals surface area contributed by atoms with Crippen LogP contribution >= 0.6 is 0 Å². The molecule has 0 unspecified atom stereocenters. The predicted molar refractivity (Wildman–Crippen MR) is 81.5 cm³/mol. The van der Waals surface area contributed by atoms with Gasteiger partial charge in [-0.25, -0.2) is 9.82 Å². The van der Waals surface area contributed by atoms with Crippen LogP contribution in [0, 0.1) is 5.82 Å². The molecule has 2 rings (SSSR count). The van der Waals surface area contributed by atoms with Crippen LogP contribution in [0.4, 0.5) is 10.1 Å². The van der Waals surface area contributed by atoms with Crippen molar-refractivity contribution in [2.24, 2.45) is 5.10 Å². The van der Waals surface area contributed by atoms with Crippen LogP contribution in [0.5, 0.6) is 0 Å². The second-order valence-electron chi connectivity index (χ2n) is 4.48. The van der Waals surface area contributed by atoms with Gasteiger partial charge in [0.15, 0.2) is 0 Å². The van der Waals surface area contributed by atoms with E-state index in [9.17, 15) is 9.18 Å². The second-order valence-corrected chi connectivity index (χ2v) is 4.48. The average molecular weight is 285 g/mol. The summed E-state index contributed by atoms with van der Waals surface area (Å²) in [5.74, 6) is -0.622. The summed E-state index contributed by atoms with van der Waals surface area (Å²) in [6.45, 7) is 1.91. The fourth-order valence-electron chi connectivity index (χ4n) is 1.81. The lowest BCUT2D eigenvalue weighted by atomic mass is 10.1. The molecule has 4 nitrogen and oxygen atoms in total. The first kappa shape index (κ1) is 14.7. The van der Waals surface area contributed by atoms with Crippen molar-refractivity contribution in [1.82, 2.24) is 5.43 Å². The zero-order chi connectivity index (χ0) is 15.2. The number of hydrazone groups is 1. The number of amides is 1. The summed E-state index contributed by atoms with van der Waals surface area (Å²) in [6.07, 6.45) is 0.619. The van der Waals surface area contributed by atoms with Crippen molar-refractivity contribution in [3.8, 4) is 0 Å². The van der Waals surface area contributed by atoms with E-state index in [1.54, 1.807) is 36.4 Å². The van der Waals surface area contributed by atoms with Gasteiger partial charge in [-0.05, 0) is 48.4 Å². The molecule has 0 saturated carbocycles. The third kappa shape index (κ3) is 3.89. The summed E-state index contributed by atoms with van der Waals surface area (Å²) in [4.78, 5) is 11.9. The van der Waals surface area contributed by atoms with Gasteiger partial charge in [0, 0.05) is 11.3 Å². The van der Waals surface area contributed by atoms with Crippen LogP contribution in [-0.2, 0) is 0 Å². The smallest absolute Gasteiger partial charge is 0.271 e. The molecule has 3 N–H and O–H groups in total. The van der Waals surface area contributed by atoms with E-state index < -0.39 is 0 Å². The molecule has 0 heterocycles. The Labute approximate surface area is 122 Å². The minimum atomic E-state index is -0.317. The number of carbonyl (C=O) groups excluding carboxylic acids is 1. The molecular weight excluding hydrogens is 269 g/mol. The van der Waals surface area contributed by atoms with Crippen LogP contribution in [0.2, 0.25) is 0 Å². The Bertz CT molecular complexity index is 648. The lowest BCUT2D eigenvalue weighted by molar-refractivity contribution is 0.0955. The van der Waals surface area contributed by atoms with Gasteiger partial charge in [0.2, 0.25) is 0 Å². The quantitative estimate of drug-likeness (QED) is 0.515. The number of nitrogens with one attached hydrogen (secondary N) is 1. The Hall–Kier alpha value is -2.69. The van der Waals surface area contributed by atoms with Crippen LogP contribution < -0.4 is 11.2 Å². The third-order valence-electron chi connectivity index (χ3n) is 2.98. The van der Waals surface area contributed by atoms with Gasteiger partial charge in [-0.15, -0.1) is 0 Å². The van der Waals surface area contributed by atoms with Crippen molar-refractivity contribution in [2.75, 3.05) is 5.73 Å². The van der Waals surface area contributed by atoms with Crippen molar-refractivity contribution < 1.29 is 9.18 Å². The van der Waals surface area contributed by atoms with Crippen molar-refractivity contribution in [1.29, 1.82) is 0 Å². The van der Waals surface area contributed by atoms with Gasteiger partial charge in [0.25, 0.3) is 5.91 Å². The Morgan fingerprint density at radius 2 is 1.67 bits per heavy atom. The van der Waals surface area contributed by atoms with Crippen LogP contribution in [-0.4, -0.2) is 11.6 Å². The standard InChI is InChI=1S/C16H16FN3O/c1-2-15(11-3-7-13(17)8-4-11)19-20-16(21)12-5-9-14(18)10-6-12/h3-10H,2,18H2,1H3,(H,20,21)/b19-15-. The number of nitrogens with zero attached hydrogens (tertiary/aromatic N) is 1. The van der Waals surface area contributed by atoms with E-state index in [0.29, 0.717) is 23.4 Å². The maximum atomic E-state index is 12.9. The minimum absolute atomic E-state index is 0.305. The van der Waals surface area contributed by atoms with Gasteiger partial charge in [-0.3, -0.25) is 4.79 Å². The minimum Gasteiger partial charge on any atom is -0.399 e. The average Bonchev–Trinajstić information content (AvgIpc) is 2.50. The molecule has 2 aromatic carbocycles. The first-order chi connectivity index (χ1) is 10.1. The predicted octanol–water partition coefficient (Wildman–Crippen LogP) is 2.95. The van der Waals surface area contributed by atoms with Gasteiger partial charge < -0.3 is 5.73 Å². The van der Waals surface area contributed by atoms with Crippen LogP contribution in [0.3, 0.4) is 0 Å². The van der Waals surface area contributed by atoms with E-state index in [0.717, 1.165) is 5.56 Å². The highest BCUT2D eigenvalue weighted by Gasteiger charge is 2.06. The number of benzene rings is 2. The molecule has 0 bridgehead atoms. The maximum Gasteiger partial charge on any atom is 0.271 e. The monoisotopic (exact) mass is 285 g/mol. The van der Waals surface area contributed by atoms with E-state index >= 15 is 0 Å². The van der Waals surface area contributed by atoms with Gasteiger partial charge >= 0.3 is 0 Å². The molecule has 0 saturated heterocycles. The number of hydrogen-bond donors (Lipinski definition) is 2. The molecule has 108 valence electrons. The largest absolute Gasteiger partial charge is 0.399 e. The van der Waals surface area contributed by atoms with E-state index in [1.807, 2.05) is 6.92 Å². The zero-order valence-corrected chi connectivity index (χ0v) is 11.6. The fraction of sp³-hybridized carbons (Fsp3) is 0.125. The number of anilines is 1. The number of carbonyl (C=O) groups is 1. The van der Waals surface area contributed by atoms with E-state index in [1.165, 1.54) is 12.1 Å². The van der Waals surface area contributed by atoms with E-state index in [4.69, 9.17) is 5.73 Å². The zero-order valence-electron chi connectivity index (χ0n) is 11.6. The molecule has 0 aliphatic rings. The molecular formula is C16H16FN3O.